The largest absolute Gasteiger partial charge is 0.376 e. The van der Waals surface area contributed by atoms with Gasteiger partial charge in [-0.3, -0.25) is 5.10 Å². The fourth-order valence-electron chi connectivity index (χ4n) is 5.27. The third kappa shape index (κ3) is 5.52. The number of nitrogens with zero attached hydrogens (tertiary/aromatic N) is 2. The molecule has 2 fully saturated rings. The topological polar surface area (TPSA) is 70.2 Å². The van der Waals surface area contributed by atoms with Gasteiger partial charge in [0.15, 0.2) is 0 Å². The summed E-state index contributed by atoms with van der Waals surface area (Å²) in [7, 11) is 0. The first-order valence-electron chi connectivity index (χ1n) is 12.4. The summed E-state index contributed by atoms with van der Waals surface area (Å²) in [5.41, 5.74) is 2.55. The number of carbonyl (C=O) groups excluding carboxylic acids is 1. The highest BCUT2D eigenvalue weighted by molar-refractivity contribution is 5.75. The first-order chi connectivity index (χ1) is 15.7. The maximum atomic E-state index is 13.1. The van der Waals surface area contributed by atoms with Crippen molar-refractivity contribution in [3.05, 3.63) is 53.9 Å². The Morgan fingerprint density at radius 1 is 1.19 bits per heavy atom. The second-order valence-corrected chi connectivity index (χ2v) is 9.50. The molecule has 0 spiro atoms. The predicted octanol–water partition coefficient (Wildman–Crippen LogP) is 5.21. The maximum Gasteiger partial charge on any atom is 0.317 e. The Morgan fingerprint density at radius 2 is 1.97 bits per heavy atom. The molecular formula is C26H38N4O2. The van der Waals surface area contributed by atoms with Gasteiger partial charge in [0, 0.05) is 30.4 Å². The Kier molecular flexibility index (Phi) is 7.85. The Balaban J connectivity index is 1.39. The summed E-state index contributed by atoms with van der Waals surface area (Å²) in [5, 5.41) is 10.5. The lowest BCUT2D eigenvalue weighted by Crippen LogP contribution is -2.55. The molecule has 1 aliphatic carbocycles. The van der Waals surface area contributed by atoms with E-state index in [0.29, 0.717) is 12.5 Å². The van der Waals surface area contributed by atoms with Crippen molar-refractivity contribution in [1.82, 2.24) is 20.4 Å². The van der Waals surface area contributed by atoms with Gasteiger partial charge in [-0.25, -0.2) is 4.79 Å². The number of H-pyrrole nitrogens is 1. The Morgan fingerprint density at radius 3 is 2.66 bits per heavy atom. The summed E-state index contributed by atoms with van der Waals surface area (Å²) in [6.07, 6.45) is 9.55. The number of likely N-dealkylation sites (tertiary alicyclic amines) is 1. The first-order valence-corrected chi connectivity index (χ1v) is 12.4. The van der Waals surface area contributed by atoms with Crippen LogP contribution in [-0.2, 0) is 4.74 Å². The van der Waals surface area contributed by atoms with Crippen LogP contribution in [0.15, 0.2) is 42.6 Å². The zero-order valence-corrected chi connectivity index (χ0v) is 19.5. The average Bonchev–Trinajstić information content (AvgIpc) is 3.38. The molecule has 2 aromatic rings. The minimum atomic E-state index is 0.0279. The molecule has 3 atom stereocenters. The number of aromatic nitrogens is 2. The Labute approximate surface area is 192 Å². The highest BCUT2D eigenvalue weighted by Crippen LogP contribution is 2.36. The molecule has 174 valence electrons. The molecule has 6 heteroatoms. The van der Waals surface area contributed by atoms with Gasteiger partial charge in [-0.05, 0) is 69.4 Å². The van der Waals surface area contributed by atoms with Gasteiger partial charge >= 0.3 is 6.03 Å². The monoisotopic (exact) mass is 438 g/mol. The molecule has 0 radical (unpaired) electrons. The Hall–Kier alpha value is -2.34. The van der Waals surface area contributed by atoms with Crippen LogP contribution in [-0.4, -0.2) is 52.5 Å². The zero-order valence-electron chi connectivity index (χ0n) is 19.5. The van der Waals surface area contributed by atoms with Crippen LogP contribution in [0.4, 0.5) is 4.79 Å². The third-order valence-electron chi connectivity index (χ3n) is 7.39. The van der Waals surface area contributed by atoms with Crippen molar-refractivity contribution in [1.29, 1.82) is 0 Å². The van der Waals surface area contributed by atoms with Crippen molar-refractivity contribution in [2.45, 2.75) is 88.8 Å². The lowest BCUT2D eigenvalue weighted by Gasteiger charge is -2.42. The third-order valence-corrected chi connectivity index (χ3v) is 7.39. The summed E-state index contributed by atoms with van der Waals surface area (Å²) >= 11 is 0. The minimum Gasteiger partial charge on any atom is -0.376 e. The van der Waals surface area contributed by atoms with Crippen molar-refractivity contribution in [3.8, 4) is 0 Å². The quantitative estimate of drug-likeness (QED) is 0.623. The average molecular weight is 439 g/mol. The number of ether oxygens (including phenoxy) is 1. The number of carbonyl (C=O) groups is 1. The van der Waals surface area contributed by atoms with Gasteiger partial charge in [-0.15, -0.1) is 0 Å². The molecule has 2 heterocycles. The molecule has 1 aromatic heterocycles. The van der Waals surface area contributed by atoms with Crippen LogP contribution in [0.25, 0.3) is 0 Å². The summed E-state index contributed by atoms with van der Waals surface area (Å²) in [6, 6.07) is 13.1. The van der Waals surface area contributed by atoms with E-state index in [1.165, 1.54) is 18.4 Å². The van der Waals surface area contributed by atoms with E-state index >= 15 is 0 Å². The fourth-order valence-corrected chi connectivity index (χ4v) is 5.27. The standard InChI is InChI=1S/C26H38N4O2/c1-3-19(2)28-26(31)30-17-7-10-23(24-15-16-27-29-24)25(30)18-32-22-13-11-21(12-14-22)20-8-5-4-6-9-20/h4-6,8-9,15-16,19,21-23,25H,3,7,10-14,17-18H2,1-2H3,(H,27,29)(H,28,31). The molecular weight excluding hydrogens is 400 g/mol. The van der Waals surface area contributed by atoms with Crippen LogP contribution >= 0.6 is 0 Å². The van der Waals surface area contributed by atoms with Crippen LogP contribution in [0.2, 0.25) is 0 Å². The minimum absolute atomic E-state index is 0.0279. The number of piperidine rings is 1. The predicted molar refractivity (Wildman–Crippen MR) is 127 cm³/mol. The van der Waals surface area contributed by atoms with Crippen LogP contribution in [0, 0.1) is 0 Å². The van der Waals surface area contributed by atoms with Crippen LogP contribution in [0.1, 0.15) is 81.9 Å². The number of hydrogen-bond acceptors (Lipinski definition) is 3. The second kappa shape index (κ2) is 11.0. The fraction of sp³-hybridized carbons (Fsp3) is 0.615. The number of hydrogen-bond donors (Lipinski definition) is 2. The van der Waals surface area contributed by atoms with E-state index in [1.54, 1.807) is 6.20 Å². The molecule has 3 unspecified atom stereocenters. The smallest absolute Gasteiger partial charge is 0.317 e. The summed E-state index contributed by atoms with van der Waals surface area (Å²) in [4.78, 5) is 15.1. The van der Waals surface area contributed by atoms with Gasteiger partial charge in [0.2, 0.25) is 0 Å². The molecule has 1 aromatic carbocycles. The van der Waals surface area contributed by atoms with Crippen LogP contribution in [0.5, 0.6) is 0 Å². The van der Waals surface area contributed by atoms with Crippen molar-refractivity contribution in [2.24, 2.45) is 0 Å². The molecule has 1 saturated carbocycles. The number of nitrogens with one attached hydrogen (secondary N) is 2. The van der Waals surface area contributed by atoms with Crippen molar-refractivity contribution in [2.75, 3.05) is 13.2 Å². The molecule has 4 rings (SSSR count). The highest BCUT2D eigenvalue weighted by atomic mass is 16.5. The number of urea groups is 1. The van der Waals surface area contributed by atoms with E-state index in [1.807, 2.05) is 11.0 Å². The molecule has 2 aliphatic rings. The second-order valence-electron chi connectivity index (χ2n) is 9.50. The molecule has 0 bridgehead atoms. The van der Waals surface area contributed by atoms with E-state index < -0.39 is 0 Å². The van der Waals surface area contributed by atoms with Gasteiger partial charge < -0.3 is 15.0 Å². The van der Waals surface area contributed by atoms with Crippen molar-refractivity contribution < 1.29 is 9.53 Å². The molecule has 1 saturated heterocycles. The van der Waals surface area contributed by atoms with Gasteiger partial charge in [0.05, 0.1) is 18.8 Å². The van der Waals surface area contributed by atoms with Crippen molar-refractivity contribution >= 4 is 6.03 Å². The number of benzene rings is 1. The SMILES string of the molecule is CCC(C)NC(=O)N1CCCC(c2ccn[nH]2)C1COC1CCC(c2ccccc2)CC1. The number of amides is 2. The summed E-state index contributed by atoms with van der Waals surface area (Å²) in [6.45, 7) is 5.52. The molecule has 1 aliphatic heterocycles. The van der Waals surface area contributed by atoms with Crippen LogP contribution in [0.3, 0.4) is 0 Å². The number of rotatable bonds is 7. The van der Waals surface area contributed by atoms with Gasteiger partial charge in [0.25, 0.3) is 0 Å². The lowest BCUT2D eigenvalue weighted by molar-refractivity contribution is -0.0173. The van der Waals surface area contributed by atoms with E-state index in [9.17, 15) is 4.79 Å². The normalized spacial score (nSPS) is 27.1. The van der Waals surface area contributed by atoms with Gasteiger partial charge in [-0.1, -0.05) is 37.3 Å². The molecule has 2 N–H and O–H groups in total. The maximum absolute atomic E-state index is 13.1. The number of aromatic amines is 1. The highest BCUT2D eigenvalue weighted by Gasteiger charge is 2.37. The molecule has 6 nitrogen and oxygen atoms in total. The molecule has 2 amide bonds. The van der Waals surface area contributed by atoms with Crippen molar-refractivity contribution in [3.63, 3.8) is 0 Å². The molecule has 32 heavy (non-hydrogen) atoms. The van der Waals surface area contributed by atoms with Gasteiger partial charge in [-0.2, -0.15) is 5.10 Å². The lowest BCUT2D eigenvalue weighted by atomic mass is 9.82. The van der Waals surface area contributed by atoms with Gasteiger partial charge in [0.1, 0.15) is 0 Å². The first kappa shape index (κ1) is 22.8. The van der Waals surface area contributed by atoms with E-state index in [2.05, 4.69) is 59.7 Å². The van der Waals surface area contributed by atoms with Crippen LogP contribution < -0.4 is 5.32 Å². The zero-order chi connectivity index (χ0) is 22.3. The summed E-state index contributed by atoms with van der Waals surface area (Å²) < 4.78 is 6.49. The van der Waals surface area contributed by atoms with E-state index in [-0.39, 0.29) is 30.1 Å². The van der Waals surface area contributed by atoms with E-state index in [4.69, 9.17) is 4.74 Å². The Bertz CT molecular complexity index is 818. The van der Waals surface area contributed by atoms with E-state index in [0.717, 1.165) is 44.3 Å². The summed E-state index contributed by atoms with van der Waals surface area (Å²) in [5.74, 6) is 0.871.